The van der Waals surface area contributed by atoms with Crippen LogP contribution in [0.4, 0.5) is 11.5 Å². The summed E-state index contributed by atoms with van der Waals surface area (Å²) in [6.07, 6.45) is 0. The first-order valence-corrected chi connectivity index (χ1v) is 6.10. The van der Waals surface area contributed by atoms with Gasteiger partial charge in [-0.1, -0.05) is 13.8 Å². The third kappa shape index (κ3) is 3.36. The number of hydrogen-bond donors (Lipinski definition) is 2. The van der Waals surface area contributed by atoms with Crippen LogP contribution in [0, 0.1) is 12.8 Å². The fourth-order valence-electron chi connectivity index (χ4n) is 1.67. The van der Waals surface area contributed by atoms with Crippen molar-refractivity contribution in [3.63, 3.8) is 0 Å². The molecule has 1 rings (SSSR count). The molecular weight excluding hydrogens is 216 g/mol. The summed E-state index contributed by atoms with van der Waals surface area (Å²) in [5, 5.41) is 7.71. The van der Waals surface area contributed by atoms with Gasteiger partial charge in [-0.05, 0) is 19.8 Å². The third-order valence-corrected chi connectivity index (χ3v) is 2.90. The van der Waals surface area contributed by atoms with Gasteiger partial charge in [0.05, 0.1) is 24.0 Å². The molecule has 5 heteroatoms. The molecule has 5 nitrogen and oxygen atoms in total. The van der Waals surface area contributed by atoms with Crippen molar-refractivity contribution < 1.29 is 4.74 Å². The van der Waals surface area contributed by atoms with E-state index in [0.717, 1.165) is 23.8 Å². The van der Waals surface area contributed by atoms with E-state index in [0.29, 0.717) is 12.5 Å². The summed E-state index contributed by atoms with van der Waals surface area (Å²) in [6.45, 7) is 9.64. The normalized spacial score (nSPS) is 13.1. The van der Waals surface area contributed by atoms with Crippen LogP contribution < -0.4 is 11.1 Å². The number of aromatic nitrogens is 2. The lowest BCUT2D eigenvalue weighted by atomic mass is 10.1. The number of nitrogens with one attached hydrogen (secondary N) is 1. The van der Waals surface area contributed by atoms with Crippen LogP contribution in [0.3, 0.4) is 0 Å². The average Bonchev–Trinajstić information content (AvgIpc) is 2.49. The molecule has 0 bridgehead atoms. The smallest absolute Gasteiger partial charge is 0.148 e. The van der Waals surface area contributed by atoms with Gasteiger partial charge in [-0.3, -0.25) is 4.68 Å². The maximum atomic E-state index is 5.99. The quantitative estimate of drug-likeness (QED) is 0.795. The number of anilines is 2. The highest BCUT2D eigenvalue weighted by Crippen LogP contribution is 2.23. The van der Waals surface area contributed by atoms with Gasteiger partial charge in [-0.25, -0.2) is 0 Å². The second kappa shape index (κ2) is 5.91. The molecule has 17 heavy (non-hydrogen) atoms. The van der Waals surface area contributed by atoms with E-state index in [1.807, 2.05) is 20.9 Å². The van der Waals surface area contributed by atoms with Crippen molar-refractivity contribution in [1.29, 1.82) is 0 Å². The van der Waals surface area contributed by atoms with Crippen LogP contribution in [0.25, 0.3) is 0 Å². The molecule has 0 aliphatic heterocycles. The minimum Gasteiger partial charge on any atom is -0.394 e. The highest BCUT2D eigenvalue weighted by Gasteiger charge is 2.18. The second-order valence-corrected chi connectivity index (χ2v) is 4.63. The predicted octanol–water partition coefficient (Wildman–Crippen LogP) is 1.78. The van der Waals surface area contributed by atoms with Crippen molar-refractivity contribution in [3.8, 4) is 0 Å². The Balaban J connectivity index is 2.78. The molecule has 0 fully saturated rings. The Morgan fingerprint density at radius 3 is 2.53 bits per heavy atom. The minimum atomic E-state index is 0.243. The summed E-state index contributed by atoms with van der Waals surface area (Å²) >= 11 is 0. The number of nitrogens with two attached hydrogens (primary N) is 1. The molecule has 0 spiro atoms. The molecule has 0 aromatic carbocycles. The van der Waals surface area contributed by atoms with Crippen molar-refractivity contribution >= 4 is 11.5 Å². The highest BCUT2D eigenvalue weighted by atomic mass is 16.5. The van der Waals surface area contributed by atoms with Crippen LogP contribution in [0.2, 0.25) is 0 Å². The number of nitrogen functional groups attached to an aromatic ring is 1. The number of rotatable bonds is 6. The molecule has 0 radical (unpaired) electrons. The molecule has 3 N–H and O–H groups in total. The molecule has 1 aromatic rings. The van der Waals surface area contributed by atoms with Gasteiger partial charge in [0.2, 0.25) is 0 Å². The van der Waals surface area contributed by atoms with Crippen LogP contribution in [-0.4, -0.2) is 29.0 Å². The summed E-state index contributed by atoms with van der Waals surface area (Å²) < 4.78 is 7.27. The maximum Gasteiger partial charge on any atom is 0.148 e. The van der Waals surface area contributed by atoms with E-state index in [1.165, 1.54) is 0 Å². The lowest BCUT2D eigenvalue weighted by molar-refractivity contribution is 0.126. The fraction of sp³-hybridized carbons (Fsp3) is 0.750. The Bertz CT molecular complexity index is 360. The van der Waals surface area contributed by atoms with Gasteiger partial charge >= 0.3 is 0 Å². The molecule has 1 atom stereocenters. The number of hydrogen-bond acceptors (Lipinski definition) is 4. The SMILES string of the molecule is CCOCC(Nc1c(N)c(C)nn1C)C(C)C. The van der Waals surface area contributed by atoms with Crippen molar-refractivity contribution in [2.75, 3.05) is 24.3 Å². The average molecular weight is 240 g/mol. The lowest BCUT2D eigenvalue weighted by Crippen LogP contribution is -2.32. The first-order chi connectivity index (χ1) is 7.97. The van der Waals surface area contributed by atoms with E-state index < -0.39 is 0 Å². The lowest BCUT2D eigenvalue weighted by Gasteiger charge is -2.23. The number of aryl methyl sites for hydroxylation is 2. The topological polar surface area (TPSA) is 65.1 Å². The highest BCUT2D eigenvalue weighted by molar-refractivity contribution is 5.65. The number of nitrogens with zero attached hydrogens (tertiary/aromatic N) is 2. The van der Waals surface area contributed by atoms with Gasteiger partial charge in [0.15, 0.2) is 0 Å². The van der Waals surface area contributed by atoms with Gasteiger partial charge in [0.25, 0.3) is 0 Å². The summed E-state index contributed by atoms with van der Waals surface area (Å²) in [7, 11) is 1.89. The number of ether oxygens (including phenoxy) is 1. The van der Waals surface area contributed by atoms with E-state index in [4.69, 9.17) is 10.5 Å². The first kappa shape index (κ1) is 13.8. The van der Waals surface area contributed by atoms with E-state index in [1.54, 1.807) is 4.68 Å². The van der Waals surface area contributed by atoms with Crippen molar-refractivity contribution in [1.82, 2.24) is 9.78 Å². The molecule has 0 saturated heterocycles. The molecule has 98 valence electrons. The Morgan fingerprint density at radius 2 is 2.12 bits per heavy atom. The molecule has 1 heterocycles. The molecule has 1 unspecified atom stereocenters. The molecule has 0 aliphatic rings. The van der Waals surface area contributed by atoms with Crippen LogP contribution >= 0.6 is 0 Å². The van der Waals surface area contributed by atoms with E-state index in [-0.39, 0.29) is 6.04 Å². The molecule has 0 amide bonds. The standard InChI is InChI=1S/C12H24N4O/c1-6-17-7-10(8(2)3)14-12-11(13)9(4)15-16(12)5/h8,10,14H,6-7,13H2,1-5H3. The van der Waals surface area contributed by atoms with Gasteiger partial charge < -0.3 is 15.8 Å². The van der Waals surface area contributed by atoms with Gasteiger partial charge in [-0.15, -0.1) is 0 Å². The second-order valence-electron chi connectivity index (χ2n) is 4.63. The van der Waals surface area contributed by atoms with Crippen LogP contribution in [0.5, 0.6) is 0 Å². The van der Waals surface area contributed by atoms with Crippen molar-refractivity contribution in [3.05, 3.63) is 5.69 Å². The van der Waals surface area contributed by atoms with Crippen LogP contribution in [0.15, 0.2) is 0 Å². The summed E-state index contributed by atoms with van der Waals surface area (Å²) in [5.74, 6) is 1.34. The van der Waals surface area contributed by atoms with Crippen LogP contribution in [-0.2, 0) is 11.8 Å². The zero-order valence-corrected chi connectivity index (χ0v) is 11.4. The van der Waals surface area contributed by atoms with Crippen LogP contribution in [0.1, 0.15) is 26.5 Å². The van der Waals surface area contributed by atoms with Gasteiger partial charge in [0.1, 0.15) is 5.82 Å². The first-order valence-electron chi connectivity index (χ1n) is 6.10. The molecule has 0 aliphatic carbocycles. The minimum absolute atomic E-state index is 0.243. The van der Waals surface area contributed by atoms with E-state index in [9.17, 15) is 0 Å². The zero-order valence-electron chi connectivity index (χ0n) is 11.4. The maximum absolute atomic E-state index is 5.99. The van der Waals surface area contributed by atoms with Crippen molar-refractivity contribution in [2.24, 2.45) is 13.0 Å². The Morgan fingerprint density at radius 1 is 1.47 bits per heavy atom. The van der Waals surface area contributed by atoms with Crippen molar-refractivity contribution in [2.45, 2.75) is 33.7 Å². The van der Waals surface area contributed by atoms with E-state index >= 15 is 0 Å². The summed E-state index contributed by atoms with van der Waals surface area (Å²) in [4.78, 5) is 0. The predicted molar refractivity (Wildman–Crippen MR) is 71.1 cm³/mol. The molecular formula is C12H24N4O. The van der Waals surface area contributed by atoms with E-state index in [2.05, 4.69) is 24.3 Å². The Hall–Kier alpha value is -1.23. The Labute approximate surface area is 103 Å². The monoisotopic (exact) mass is 240 g/mol. The third-order valence-electron chi connectivity index (χ3n) is 2.90. The van der Waals surface area contributed by atoms with Gasteiger partial charge in [0, 0.05) is 13.7 Å². The fourth-order valence-corrected chi connectivity index (χ4v) is 1.67. The molecule has 1 aromatic heterocycles. The Kier molecular flexibility index (Phi) is 4.81. The van der Waals surface area contributed by atoms with Gasteiger partial charge in [-0.2, -0.15) is 5.10 Å². The zero-order chi connectivity index (χ0) is 13.0. The largest absolute Gasteiger partial charge is 0.394 e. The summed E-state index contributed by atoms with van der Waals surface area (Å²) in [6, 6.07) is 0.243. The molecule has 0 saturated carbocycles. The summed E-state index contributed by atoms with van der Waals surface area (Å²) in [5.41, 5.74) is 7.57.